The fourth-order valence-electron chi connectivity index (χ4n) is 7.01. The first-order valence-electron chi connectivity index (χ1n) is 15.9. The summed E-state index contributed by atoms with van der Waals surface area (Å²) in [5, 5.41) is 7.73. The van der Waals surface area contributed by atoms with Crippen molar-refractivity contribution >= 4 is 40.6 Å². The topological polar surface area (TPSA) is 144 Å². The van der Waals surface area contributed by atoms with Gasteiger partial charge in [-0.1, -0.05) is 24.3 Å². The number of benzene rings is 3. The summed E-state index contributed by atoms with van der Waals surface area (Å²) in [6.45, 7) is 1.61. The molecule has 0 radical (unpaired) electrons. The normalized spacial score (nSPS) is 20.9. The van der Waals surface area contributed by atoms with Gasteiger partial charge in [-0.2, -0.15) is 5.10 Å². The van der Waals surface area contributed by atoms with Gasteiger partial charge < -0.3 is 25.6 Å². The van der Waals surface area contributed by atoms with Crippen LogP contribution in [0.2, 0.25) is 0 Å². The minimum atomic E-state index is -0.999. The van der Waals surface area contributed by atoms with Crippen LogP contribution in [0.5, 0.6) is 5.75 Å². The summed E-state index contributed by atoms with van der Waals surface area (Å²) in [5.41, 5.74) is 8.78. The van der Waals surface area contributed by atoms with E-state index >= 15 is 0 Å². The fraction of sp³-hybridized carbons (Fsp3) is 0.257. The molecular weight excluding hydrogens is 632 g/mol. The van der Waals surface area contributed by atoms with Gasteiger partial charge in [0.05, 0.1) is 31.2 Å². The van der Waals surface area contributed by atoms with E-state index in [1.807, 2.05) is 47.4 Å². The van der Waals surface area contributed by atoms with E-state index in [2.05, 4.69) is 25.4 Å². The van der Waals surface area contributed by atoms with Crippen molar-refractivity contribution in [3.63, 3.8) is 0 Å². The van der Waals surface area contributed by atoms with Crippen LogP contribution in [0.3, 0.4) is 0 Å². The lowest BCUT2D eigenvalue weighted by atomic mass is 9.84. The SMILES string of the molecule is Nc1cccc2c1C=NCCNC(=O)CCN1C[C@]3(C[C@@H](CN3c3ncnc4c3cnn4-c3ccc(F)cc3F)Oc3cccc-2c3)C1=O. The Morgan fingerprint density at radius 3 is 2.78 bits per heavy atom. The first-order chi connectivity index (χ1) is 23.8. The van der Waals surface area contributed by atoms with E-state index in [-0.39, 0.29) is 30.5 Å². The Morgan fingerprint density at radius 2 is 1.92 bits per heavy atom. The molecule has 3 N–H and O–H groups in total. The van der Waals surface area contributed by atoms with Gasteiger partial charge in [0.15, 0.2) is 11.5 Å². The Bertz CT molecular complexity index is 2150. The number of nitrogens with two attached hydrogens (primary N) is 1. The number of hydrogen-bond acceptors (Lipinski definition) is 9. The number of hydrogen-bond donors (Lipinski definition) is 2. The summed E-state index contributed by atoms with van der Waals surface area (Å²) < 4.78 is 36.4. The van der Waals surface area contributed by atoms with Crippen molar-refractivity contribution < 1.29 is 23.1 Å². The number of ether oxygens (including phenoxy) is 1. The van der Waals surface area contributed by atoms with Crippen molar-refractivity contribution in [2.24, 2.45) is 4.99 Å². The van der Waals surface area contributed by atoms with Crippen molar-refractivity contribution in [1.29, 1.82) is 0 Å². The molecule has 49 heavy (non-hydrogen) atoms. The number of nitrogens with one attached hydrogen (secondary N) is 1. The fourth-order valence-corrected chi connectivity index (χ4v) is 7.01. The summed E-state index contributed by atoms with van der Waals surface area (Å²) in [6, 6.07) is 16.6. The molecule has 4 aliphatic heterocycles. The maximum atomic E-state index is 14.8. The average molecular weight is 664 g/mol. The summed E-state index contributed by atoms with van der Waals surface area (Å²) in [4.78, 5) is 43.8. The molecule has 5 aromatic rings. The molecule has 2 saturated heterocycles. The summed E-state index contributed by atoms with van der Waals surface area (Å²) in [7, 11) is 0. The van der Waals surface area contributed by atoms with Gasteiger partial charge in [0.25, 0.3) is 5.91 Å². The largest absolute Gasteiger partial charge is 0.488 e. The predicted molar refractivity (Wildman–Crippen MR) is 179 cm³/mol. The van der Waals surface area contributed by atoms with E-state index in [0.29, 0.717) is 60.9 Å². The third kappa shape index (κ3) is 5.29. The number of amides is 2. The molecule has 5 bridgehead atoms. The Labute approximate surface area is 279 Å². The maximum Gasteiger partial charge on any atom is 0.250 e. The van der Waals surface area contributed by atoms with Gasteiger partial charge in [-0.25, -0.2) is 23.4 Å². The zero-order chi connectivity index (χ0) is 33.7. The van der Waals surface area contributed by atoms with Gasteiger partial charge >= 0.3 is 0 Å². The molecule has 3 aromatic carbocycles. The van der Waals surface area contributed by atoms with E-state index in [1.165, 1.54) is 23.3 Å². The van der Waals surface area contributed by atoms with E-state index in [4.69, 9.17) is 10.5 Å². The Balaban J connectivity index is 1.18. The zero-order valence-corrected chi connectivity index (χ0v) is 26.2. The van der Waals surface area contributed by atoms with Crippen molar-refractivity contribution in [2.45, 2.75) is 24.5 Å². The highest BCUT2D eigenvalue weighted by Gasteiger charge is 2.61. The number of carbonyl (C=O) groups is 2. The number of nitrogen functional groups attached to an aromatic ring is 1. The summed E-state index contributed by atoms with van der Waals surface area (Å²) in [5.74, 6) is -0.768. The molecule has 0 aliphatic carbocycles. The molecule has 2 aromatic heterocycles. The number of fused-ring (bicyclic) bond motifs is 7. The highest BCUT2D eigenvalue weighted by molar-refractivity contribution is 6.00. The third-order valence-electron chi connectivity index (χ3n) is 9.32. The molecule has 248 valence electrons. The maximum absolute atomic E-state index is 14.8. The first-order valence-corrected chi connectivity index (χ1v) is 15.9. The third-order valence-corrected chi connectivity index (χ3v) is 9.32. The van der Waals surface area contributed by atoms with E-state index in [1.54, 1.807) is 11.1 Å². The Kier molecular flexibility index (Phi) is 7.42. The number of aromatic nitrogens is 4. The molecule has 2 amide bonds. The molecular formula is C35H31F2N9O3. The number of rotatable bonds is 2. The molecule has 0 saturated carbocycles. The average Bonchev–Trinajstić information content (AvgIpc) is 3.70. The lowest BCUT2D eigenvalue weighted by molar-refractivity contribution is -0.150. The van der Waals surface area contributed by atoms with Crippen LogP contribution in [0.25, 0.3) is 27.8 Å². The van der Waals surface area contributed by atoms with Gasteiger partial charge in [-0.15, -0.1) is 0 Å². The predicted octanol–water partition coefficient (Wildman–Crippen LogP) is 3.52. The second-order valence-electron chi connectivity index (χ2n) is 12.4. The number of anilines is 2. The van der Waals surface area contributed by atoms with E-state index in [0.717, 1.165) is 28.8 Å². The van der Waals surface area contributed by atoms with E-state index < -0.39 is 23.3 Å². The number of nitrogens with zero attached hydrogens (tertiary/aromatic N) is 7. The van der Waals surface area contributed by atoms with Gasteiger partial charge in [0, 0.05) is 49.5 Å². The standard InChI is InChI=1S/C35H31F2N9O3/c36-22-7-8-30(28(37)14-22)46-33-27(17-43-46)32(41-20-42-33)45-18-24-15-35(45)19-44(34(35)48)12-9-31(47)40-11-10-39-16-26-25(5-2-6-29(26)38)21-3-1-4-23(13-21)49-24/h1-8,13-14,16-17,20,24H,9-12,15,18-19,38H2,(H,40,47)/t24-,35+/m0/s1. The number of carbonyl (C=O) groups excluding carboxylic acids is 2. The van der Waals surface area contributed by atoms with Crippen LogP contribution < -0.4 is 20.7 Å². The monoisotopic (exact) mass is 663 g/mol. The quantitative estimate of drug-likeness (QED) is 0.216. The molecule has 6 heterocycles. The number of aliphatic imine (C=N–C) groups is 1. The summed E-state index contributed by atoms with van der Waals surface area (Å²) in [6.07, 6.45) is 4.67. The van der Waals surface area contributed by atoms with Gasteiger partial charge in [0.1, 0.15) is 41.0 Å². The van der Waals surface area contributed by atoms with Crippen LogP contribution in [0.4, 0.5) is 20.3 Å². The van der Waals surface area contributed by atoms with Crippen LogP contribution in [-0.2, 0) is 9.59 Å². The van der Waals surface area contributed by atoms with Crippen molar-refractivity contribution in [2.75, 3.05) is 43.4 Å². The molecule has 14 heteroatoms. The molecule has 2 atom stereocenters. The highest BCUT2D eigenvalue weighted by atomic mass is 19.1. The lowest BCUT2D eigenvalue weighted by Gasteiger charge is -2.51. The molecule has 1 spiro atoms. The van der Waals surface area contributed by atoms with Gasteiger partial charge in [-0.3, -0.25) is 14.6 Å². The highest BCUT2D eigenvalue weighted by Crippen LogP contribution is 2.44. The Hall–Kier alpha value is -5.92. The zero-order valence-electron chi connectivity index (χ0n) is 26.2. The molecule has 2 fully saturated rings. The smallest absolute Gasteiger partial charge is 0.250 e. The molecule has 0 unspecified atom stereocenters. The molecule has 4 aliphatic rings. The molecule has 12 nitrogen and oxygen atoms in total. The van der Waals surface area contributed by atoms with E-state index in [9.17, 15) is 18.4 Å². The van der Waals surface area contributed by atoms with Gasteiger partial charge in [0.2, 0.25) is 5.91 Å². The van der Waals surface area contributed by atoms with Crippen molar-refractivity contribution in [3.8, 4) is 22.6 Å². The summed E-state index contributed by atoms with van der Waals surface area (Å²) >= 11 is 0. The first kappa shape index (κ1) is 30.4. The second-order valence-corrected chi connectivity index (χ2v) is 12.4. The Morgan fingerprint density at radius 1 is 1.04 bits per heavy atom. The van der Waals surface area contributed by atoms with Crippen LogP contribution in [0, 0.1) is 11.6 Å². The van der Waals surface area contributed by atoms with Gasteiger partial charge in [-0.05, 0) is 41.5 Å². The van der Waals surface area contributed by atoms with Crippen LogP contribution in [-0.4, -0.2) is 87.0 Å². The van der Waals surface area contributed by atoms with Crippen LogP contribution >= 0.6 is 0 Å². The minimum Gasteiger partial charge on any atom is -0.488 e. The second kappa shape index (κ2) is 12.0. The van der Waals surface area contributed by atoms with Crippen molar-refractivity contribution in [3.05, 3.63) is 90.4 Å². The number of β-lactam (4-membered cyclic amide) rings is 1. The molecule has 9 rings (SSSR count). The van der Waals surface area contributed by atoms with Crippen LogP contribution in [0.1, 0.15) is 18.4 Å². The minimum absolute atomic E-state index is 0.0247. The lowest BCUT2D eigenvalue weighted by Crippen LogP contribution is -2.72. The van der Waals surface area contributed by atoms with Crippen LogP contribution in [0.15, 0.2) is 78.2 Å². The number of halogens is 2. The van der Waals surface area contributed by atoms with Crippen molar-refractivity contribution in [1.82, 2.24) is 30.0 Å².